The molecule has 0 heterocycles. The van der Waals surface area contributed by atoms with Crippen LogP contribution in [-0.2, 0) is 17.7 Å². The Balaban J connectivity index is 1.97. The molecule has 0 aliphatic heterocycles. The highest BCUT2D eigenvalue weighted by Crippen LogP contribution is 2.36. The van der Waals surface area contributed by atoms with E-state index in [2.05, 4.69) is 12.2 Å². The Bertz CT molecular complexity index is 857. The molecule has 0 aliphatic rings. The lowest BCUT2D eigenvalue weighted by molar-refractivity contribution is 0.258. The summed E-state index contributed by atoms with van der Waals surface area (Å²) in [7, 11) is -3.96. The molecule has 0 unspecified atom stereocenters. The molecule has 184 valence electrons. The zero-order valence-electron chi connectivity index (χ0n) is 19.7. The van der Waals surface area contributed by atoms with Crippen molar-refractivity contribution in [3.63, 3.8) is 0 Å². The number of rotatable bonds is 17. The molecule has 0 spiro atoms. The van der Waals surface area contributed by atoms with Gasteiger partial charge in [0.1, 0.15) is 6.61 Å². The van der Waals surface area contributed by atoms with Crippen LogP contribution in [0.25, 0.3) is 0 Å². The first-order valence-electron chi connectivity index (χ1n) is 11.9. The maximum atomic E-state index is 11.0. The van der Waals surface area contributed by atoms with Gasteiger partial charge in [-0.25, -0.2) is 0 Å². The minimum atomic E-state index is -3.96. The molecule has 0 radical (unpaired) electrons. The molecule has 33 heavy (non-hydrogen) atoms. The van der Waals surface area contributed by atoms with Crippen LogP contribution in [0.3, 0.4) is 0 Å². The van der Waals surface area contributed by atoms with Gasteiger partial charge in [-0.1, -0.05) is 69.4 Å². The van der Waals surface area contributed by atoms with Gasteiger partial charge in [-0.15, -0.1) is 0 Å². The number of nitrogen functional groups attached to an aromatic ring is 1. The number of anilines is 1. The van der Waals surface area contributed by atoms with E-state index in [1.165, 1.54) is 25.7 Å². The first-order valence-corrected chi connectivity index (χ1v) is 13.7. The van der Waals surface area contributed by atoms with Crippen LogP contribution in [0.2, 0.25) is 0 Å². The fourth-order valence-electron chi connectivity index (χ4n) is 3.48. The van der Waals surface area contributed by atoms with Gasteiger partial charge >= 0.3 is 7.60 Å². The first kappa shape index (κ1) is 27.2. The van der Waals surface area contributed by atoms with Crippen LogP contribution in [0.1, 0.15) is 63.0 Å². The second kappa shape index (κ2) is 15.0. The third kappa shape index (κ3) is 11.6. The normalized spacial score (nSPS) is 11.5. The smallest absolute Gasteiger partial charge is 0.325 e. The molecular weight excluding hydrogens is 439 g/mol. The maximum absolute atomic E-state index is 11.0. The molecule has 5 N–H and O–H groups in total. The second-order valence-corrected chi connectivity index (χ2v) is 10.1. The molecule has 0 aliphatic carbocycles. The van der Waals surface area contributed by atoms with Crippen LogP contribution in [0.5, 0.6) is 11.5 Å². The Morgan fingerprint density at radius 1 is 0.939 bits per heavy atom. The molecule has 8 heteroatoms. The number of nitrogens with one attached hydrogen (secondary N) is 1. The number of hydrogen-bond donors (Lipinski definition) is 4. The third-order valence-electron chi connectivity index (χ3n) is 5.26. The topological polar surface area (TPSA) is 114 Å². The van der Waals surface area contributed by atoms with Crippen molar-refractivity contribution >= 4 is 13.3 Å². The zero-order valence-corrected chi connectivity index (χ0v) is 20.6. The average Bonchev–Trinajstić information content (AvgIpc) is 2.78. The van der Waals surface area contributed by atoms with Crippen LogP contribution in [0.15, 0.2) is 42.5 Å². The quantitative estimate of drug-likeness (QED) is 0.140. The van der Waals surface area contributed by atoms with Gasteiger partial charge < -0.3 is 30.3 Å². The molecule has 7 nitrogen and oxygen atoms in total. The monoisotopic (exact) mass is 478 g/mol. The molecule has 0 aromatic heterocycles. The number of unbranched alkanes of at least 4 members (excludes halogenated alkanes) is 5. The zero-order chi connectivity index (χ0) is 23.9. The van der Waals surface area contributed by atoms with E-state index in [0.717, 1.165) is 24.0 Å². The van der Waals surface area contributed by atoms with Gasteiger partial charge in [0.05, 0.1) is 18.5 Å². The molecule has 2 aromatic rings. The van der Waals surface area contributed by atoms with Crippen molar-refractivity contribution in [3.8, 4) is 11.5 Å². The summed E-state index contributed by atoms with van der Waals surface area (Å²) in [6.07, 6.45) is 7.38. The highest BCUT2D eigenvalue weighted by Gasteiger charge is 2.14. The highest BCUT2D eigenvalue weighted by molar-refractivity contribution is 7.51. The van der Waals surface area contributed by atoms with Crippen molar-refractivity contribution in [1.82, 2.24) is 5.32 Å². The Kier molecular flexibility index (Phi) is 12.3. The predicted octanol–water partition coefficient (Wildman–Crippen LogP) is 5.24. The van der Waals surface area contributed by atoms with E-state index < -0.39 is 7.60 Å². The molecule has 2 rings (SSSR count). The Hall–Kier alpha value is -2.05. The molecule has 0 bridgehead atoms. The summed E-state index contributed by atoms with van der Waals surface area (Å²) >= 11 is 0. The van der Waals surface area contributed by atoms with Crippen molar-refractivity contribution < 1.29 is 23.8 Å². The van der Waals surface area contributed by atoms with Gasteiger partial charge in [0.2, 0.25) is 0 Å². The molecule has 0 saturated heterocycles. The SMILES string of the molecule is CCCCCCCCOc1c(N)cc(CNCCCP(=O)(O)O)cc1OCc1ccccc1. The van der Waals surface area contributed by atoms with Crippen molar-refractivity contribution in [2.24, 2.45) is 0 Å². The third-order valence-corrected chi connectivity index (χ3v) is 6.16. The van der Waals surface area contributed by atoms with Crippen LogP contribution in [0, 0.1) is 0 Å². The minimum Gasteiger partial charge on any atom is -0.488 e. The van der Waals surface area contributed by atoms with E-state index in [1.807, 2.05) is 42.5 Å². The highest BCUT2D eigenvalue weighted by atomic mass is 31.2. The van der Waals surface area contributed by atoms with E-state index in [1.54, 1.807) is 0 Å². The van der Waals surface area contributed by atoms with Gasteiger partial charge in [-0.05, 0) is 42.6 Å². The van der Waals surface area contributed by atoms with Crippen molar-refractivity contribution in [2.75, 3.05) is 25.0 Å². The van der Waals surface area contributed by atoms with E-state index in [4.69, 9.17) is 25.0 Å². The summed E-state index contributed by atoms with van der Waals surface area (Å²) in [5, 5.41) is 3.20. The van der Waals surface area contributed by atoms with Crippen molar-refractivity contribution in [3.05, 3.63) is 53.6 Å². The lowest BCUT2D eigenvalue weighted by Crippen LogP contribution is -2.16. The largest absolute Gasteiger partial charge is 0.488 e. The summed E-state index contributed by atoms with van der Waals surface area (Å²) in [5.74, 6) is 1.18. The Morgan fingerprint density at radius 2 is 1.67 bits per heavy atom. The molecule has 0 saturated carbocycles. The predicted molar refractivity (Wildman–Crippen MR) is 134 cm³/mol. The molecule has 0 amide bonds. The fourth-order valence-corrected chi connectivity index (χ4v) is 4.05. The number of benzene rings is 2. The van der Waals surface area contributed by atoms with Crippen LogP contribution in [0.4, 0.5) is 5.69 Å². The summed E-state index contributed by atoms with van der Waals surface area (Å²) in [5.41, 5.74) is 8.83. The fraction of sp³-hybridized carbons (Fsp3) is 0.520. The maximum Gasteiger partial charge on any atom is 0.325 e. The molecular formula is C25H39N2O5P. The van der Waals surface area contributed by atoms with Crippen LogP contribution in [-0.4, -0.2) is 29.1 Å². The molecule has 0 fully saturated rings. The number of hydrogen-bond acceptors (Lipinski definition) is 5. The standard InChI is InChI=1S/C25H39N2O5P/c1-2-3-4-5-6-10-15-31-25-23(26)17-22(19-27-14-11-16-33(28,29)30)18-24(25)32-20-21-12-8-7-9-13-21/h7-9,12-13,17-18,27H,2-6,10-11,14-16,19-20,26H2,1H3,(H2,28,29,30). The van der Waals surface area contributed by atoms with Gasteiger partial charge in [-0.3, -0.25) is 4.57 Å². The lowest BCUT2D eigenvalue weighted by atomic mass is 10.1. The summed E-state index contributed by atoms with van der Waals surface area (Å²) in [4.78, 5) is 17.9. The van der Waals surface area contributed by atoms with E-state index >= 15 is 0 Å². The van der Waals surface area contributed by atoms with Gasteiger partial charge in [0, 0.05) is 6.54 Å². The van der Waals surface area contributed by atoms with Crippen LogP contribution < -0.4 is 20.5 Å². The molecule has 2 aromatic carbocycles. The Labute approximate surface area is 197 Å². The first-order chi connectivity index (χ1) is 15.9. The van der Waals surface area contributed by atoms with E-state index in [0.29, 0.717) is 49.9 Å². The molecule has 0 atom stereocenters. The van der Waals surface area contributed by atoms with Crippen molar-refractivity contribution in [2.45, 2.75) is 65.0 Å². The summed E-state index contributed by atoms with van der Waals surface area (Å²) in [6.45, 7) is 4.24. The number of nitrogens with two attached hydrogens (primary N) is 1. The minimum absolute atomic E-state index is 0.126. The van der Waals surface area contributed by atoms with Gasteiger partial charge in [-0.2, -0.15) is 0 Å². The second-order valence-electron chi connectivity index (χ2n) is 8.32. The van der Waals surface area contributed by atoms with E-state index in [-0.39, 0.29) is 6.16 Å². The summed E-state index contributed by atoms with van der Waals surface area (Å²) < 4.78 is 23.1. The average molecular weight is 479 g/mol. The lowest BCUT2D eigenvalue weighted by Gasteiger charge is -2.17. The Morgan fingerprint density at radius 3 is 2.39 bits per heavy atom. The van der Waals surface area contributed by atoms with Crippen molar-refractivity contribution in [1.29, 1.82) is 0 Å². The summed E-state index contributed by atoms with van der Waals surface area (Å²) in [6, 6.07) is 13.7. The van der Waals surface area contributed by atoms with Crippen LogP contribution >= 0.6 is 7.60 Å². The number of ether oxygens (including phenoxy) is 2. The van der Waals surface area contributed by atoms with E-state index in [9.17, 15) is 4.57 Å². The van der Waals surface area contributed by atoms with Gasteiger partial charge in [0.25, 0.3) is 0 Å². The van der Waals surface area contributed by atoms with Gasteiger partial charge in [0.15, 0.2) is 11.5 Å².